The van der Waals surface area contributed by atoms with E-state index in [2.05, 4.69) is 16.5 Å². The third kappa shape index (κ3) is 2.81. The molecule has 0 aliphatic carbocycles. The van der Waals surface area contributed by atoms with Crippen LogP contribution in [0, 0.1) is 0 Å². The molecule has 0 saturated carbocycles. The van der Waals surface area contributed by atoms with Crippen LogP contribution in [-0.4, -0.2) is 29.7 Å². The summed E-state index contributed by atoms with van der Waals surface area (Å²) >= 11 is 1.45. The van der Waals surface area contributed by atoms with E-state index >= 15 is 0 Å². The summed E-state index contributed by atoms with van der Waals surface area (Å²) in [5.41, 5.74) is 0. The van der Waals surface area contributed by atoms with Crippen molar-refractivity contribution in [1.82, 2.24) is 9.88 Å². The Kier molecular flexibility index (Phi) is 3.37. The fraction of sp³-hybridized carbons (Fsp3) is 0.300. The van der Waals surface area contributed by atoms with Crippen molar-refractivity contribution in [1.29, 1.82) is 0 Å². The van der Waals surface area contributed by atoms with E-state index in [-0.39, 0.29) is 0 Å². The molecule has 5 heteroatoms. The summed E-state index contributed by atoms with van der Waals surface area (Å²) in [6.07, 6.45) is 5.17. The predicted octanol–water partition coefficient (Wildman–Crippen LogP) is 1.84. The van der Waals surface area contributed by atoms with Crippen molar-refractivity contribution in [2.24, 2.45) is 0 Å². The number of hydrogen-bond acceptors (Lipinski definition) is 5. The standard InChI is InChI=1S/C10H12N2O2S/c1-2-4-12-6-9(14-8-12)7-13-10-11-3-5-15-10/h2-3,5,7H,1,4,6,8H2/b9-7+. The highest BCUT2D eigenvalue weighted by Crippen LogP contribution is 2.16. The molecule has 1 aromatic heterocycles. The molecular weight excluding hydrogens is 212 g/mol. The first-order valence-corrected chi connectivity index (χ1v) is 5.47. The second kappa shape index (κ2) is 4.95. The molecule has 0 radical (unpaired) electrons. The zero-order chi connectivity index (χ0) is 10.5. The van der Waals surface area contributed by atoms with Crippen molar-refractivity contribution in [3.8, 4) is 5.19 Å². The first-order chi connectivity index (χ1) is 7.38. The van der Waals surface area contributed by atoms with E-state index in [1.54, 1.807) is 12.5 Å². The van der Waals surface area contributed by atoms with Crippen molar-refractivity contribution in [2.45, 2.75) is 0 Å². The molecule has 15 heavy (non-hydrogen) atoms. The van der Waals surface area contributed by atoms with Crippen LogP contribution in [0.25, 0.3) is 0 Å². The van der Waals surface area contributed by atoms with Crippen molar-refractivity contribution >= 4 is 11.3 Å². The van der Waals surface area contributed by atoms with E-state index in [0.29, 0.717) is 11.9 Å². The zero-order valence-electron chi connectivity index (χ0n) is 8.26. The minimum Gasteiger partial charge on any atom is -0.478 e. The van der Waals surface area contributed by atoms with Gasteiger partial charge >= 0.3 is 0 Å². The van der Waals surface area contributed by atoms with Gasteiger partial charge in [-0.25, -0.2) is 4.98 Å². The van der Waals surface area contributed by atoms with Crippen LogP contribution in [0.4, 0.5) is 0 Å². The number of rotatable bonds is 4. The summed E-state index contributed by atoms with van der Waals surface area (Å²) in [6, 6.07) is 0. The lowest BCUT2D eigenvalue weighted by molar-refractivity contribution is 0.175. The van der Waals surface area contributed by atoms with E-state index in [4.69, 9.17) is 9.47 Å². The Morgan fingerprint density at radius 1 is 1.73 bits per heavy atom. The average molecular weight is 224 g/mol. The van der Waals surface area contributed by atoms with Crippen LogP contribution < -0.4 is 4.74 Å². The molecule has 0 spiro atoms. The summed E-state index contributed by atoms with van der Waals surface area (Å²) in [4.78, 5) is 6.11. The Labute approximate surface area is 92.4 Å². The van der Waals surface area contributed by atoms with Gasteiger partial charge in [0.2, 0.25) is 0 Å². The van der Waals surface area contributed by atoms with Crippen molar-refractivity contribution in [3.05, 3.63) is 36.3 Å². The maximum absolute atomic E-state index is 5.41. The van der Waals surface area contributed by atoms with Crippen molar-refractivity contribution < 1.29 is 9.47 Å². The molecule has 0 bridgehead atoms. The van der Waals surface area contributed by atoms with Gasteiger partial charge in [-0.05, 0) is 0 Å². The van der Waals surface area contributed by atoms with Crippen LogP contribution in [0.1, 0.15) is 0 Å². The maximum atomic E-state index is 5.41. The lowest BCUT2D eigenvalue weighted by Gasteiger charge is -2.05. The molecule has 2 rings (SSSR count). The fourth-order valence-corrected chi connectivity index (χ4v) is 1.71. The van der Waals surface area contributed by atoms with Crippen LogP contribution >= 0.6 is 11.3 Å². The molecule has 0 atom stereocenters. The molecule has 0 aromatic carbocycles. The summed E-state index contributed by atoms with van der Waals surface area (Å²) < 4.78 is 10.7. The van der Waals surface area contributed by atoms with Gasteiger partial charge in [0.1, 0.15) is 18.8 Å². The van der Waals surface area contributed by atoms with Crippen LogP contribution in [0.5, 0.6) is 5.19 Å². The Bertz CT molecular complexity index is 348. The summed E-state index contributed by atoms with van der Waals surface area (Å²) in [5.74, 6) is 0.826. The zero-order valence-corrected chi connectivity index (χ0v) is 9.07. The second-order valence-electron chi connectivity index (χ2n) is 3.07. The van der Waals surface area contributed by atoms with Gasteiger partial charge in [0.05, 0.1) is 6.54 Å². The normalized spacial score (nSPS) is 19.1. The predicted molar refractivity (Wildman–Crippen MR) is 58.5 cm³/mol. The molecule has 1 aliphatic heterocycles. The molecule has 1 aromatic rings. The molecule has 1 aliphatic rings. The molecule has 0 unspecified atom stereocenters. The quantitative estimate of drug-likeness (QED) is 0.577. The number of hydrogen-bond donors (Lipinski definition) is 0. The summed E-state index contributed by atoms with van der Waals surface area (Å²) in [6.45, 7) is 5.87. The van der Waals surface area contributed by atoms with Gasteiger partial charge in [-0.2, -0.15) is 0 Å². The van der Waals surface area contributed by atoms with E-state index in [1.165, 1.54) is 11.3 Å². The maximum Gasteiger partial charge on any atom is 0.278 e. The van der Waals surface area contributed by atoms with Gasteiger partial charge in [0.25, 0.3) is 5.19 Å². The van der Waals surface area contributed by atoms with Gasteiger partial charge in [0.15, 0.2) is 0 Å². The van der Waals surface area contributed by atoms with Gasteiger partial charge in [-0.1, -0.05) is 17.4 Å². The fourth-order valence-electron chi connectivity index (χ4n) is 1.24. The van der Waals surface area contributed by atoms with Gasteiger partial charge in [-0.15, -0.1) is 6.58 Å². The SMILES string of the molecule is C=CCN1CO/C(=C/Oc2nccs2)C1. The monoisotopic (exact) mass is 224 g/mol. The first-order valence-electron chi connectivity index (χ1n) is 4.59. The molecular formula is C10H12N2O2S. The van der Waals surface area contributed by atoms with E-state index in [1.807, 2.05) is 11.5 Å². The largest absolute Gasteiger partial charge is 0.478 e. The smallest absolute Gasteiger partial charge is 0.278 e. The third-order valence-electron chi connectivity index (χ3n) is 1.90. The number of thiazole rings is 1. The number of ether oxygens (including phenoxy) is 2. The van der Waals surface area contributed by atoms with Crippen LogP contribution in [0.15, 0.2) is 36.3 Å². The van der Waals surface area contributed by atoms with Crippen LogP contribution in [0.3, 0.4) is 0 Å². The molecule has 0 N–H and O–H groups in total. The highest BCUT2D eigenvalue weighted by atomic mass is 32.1. The van der Waals surface area contributed by atoms with Gasteiger partial charge in [0, 0.05) is 18.1 Å². The minimum absolute atomic E-state index is 0.596. The molecule has 4 nitrogen and oxygen atoms in total. The Hall–Kier alpha value is -1.33. The van der Waals surface area contributed by atoms with Gasteiger partial charge < -0.3 is 9.47 Å². The lowest BCUT2D eigenvalue weighted by Crippen LogP contribution is -2.19. The molecule has 80 valence electrons. The van der Waals surface area contributed by atoms with E-state index < -0.39 is 0 Å². The first kappa shape index (κ1) is 10.2. The number of aromatic nitrogens is 1. The molecule has 1 fully saturated rings. The molecule has 2 heterocycles. The Morgan fingerprint density at radius 3 is 3.40 bits per heavy atom. The van der Waals surface area contributed by atoms with Gasteiger partial charge in [-0.3, -0.25) is 4.90 Å². The Morgan fingerprint density at radius 2 is 2.67 bits per heavy atom. The lowest BCUT2D eigenvalue weighted by atomic mass is 10.5. The summed E-state index contributed by atoms with van der Waals surface area (Å²) in [5, 5.41) is 2.50. The average Bonchev–Trinajstić information content (AvgIpc) is 2.85. The van der Waals surface area contributed by atoms with Crippen molar-refractivity contribution in [2.75, 3.05) is 19.8 Å². The number of nitrogens with zero attached hydrogens (tertiary/aromatic N) is 2. The summed E-state index contributed by atoms with van der Waals surface area (Å²) in [7, 11) is 0. The van der Waals surface area contributed by atoms with E-state index in [0.717, 1.165) is 18.8 Å². The molecule has 1 saturated heterocycles. The minimum atomic E-state index is 0.596. The second-order valence-corrected chi connectivity index (χ2v) is 3.93. The highest BCUT2D eigenvalue weighted by molar-refractivity contribution is 7.11. The highest BCUT2D eigenvalue weighted by Gasteiger charge is 2.16. The van der Waals surface area contributed by atoms with Crippen LogP contribution in [-0.2, 0) is 4.74 Å². The topological polar surface area (TPSA) is 34.6 Å². The van der Waals surface area contributed by atoms with Crippen LogP contribution in [0.2, 0.25) is 0 Å². The molecule has 0 amide bonds. The van der Waals surface area contributed by atoms with E-state index in [9.17, 15) is 0 Å². The third-order valence-corrected chi connectivity index (χ3v) is 2.56. The Balaban J connectivity index is 1.85. The van der Waals surface area contributed by atoms with Crippen molar-refractivity contribution in [3.63, 3.8) is 0 Å².